The predicted molar refractivity (Wildman–Crippen MR) is 35.2 cm³/mol. The van der Waals surface area contributed by atoms with E-state index in [-0.39, 0.29) is 11.4 Å². The number of pyridine rings is 1. The van der Waals surface area contributed by atoms with Crippen LogP contribution >= 0.6 is 0 Å². The lowest BCUT2D eigenvalue weighted by molar-refractivity contribution is -0.389. The molecule has 0 N–H and O–H groups in total. The molecule has 6 nitrogen and oxygen atoms in total. The molecule has 1 rings (SSSR count). The lowest BCUT2D eigenvalue weighted by Crippen LogP contribution is -2.22. The maximum Gasteiger partial charge on any atom is 0.363 e. The zero-order valence-electron chi connectivity index (χ0n) is 5.76. The molecule has 0 aliphatic rings. The Kier molecular flexibility index (Phi) is 2.00. The molecule has 0 aliphatic carbocycles. The summed E-state index contributed by atoms with van der Waals surface area (Å²) in [5.41, 5.74) is -0.180. The molecule has 0 atom stereocenters. The van der Waals surface area contributed by atoms with Gasteiger partial charge < -0.3 is 20.0 Å². The smallest absolute Gasteiger partial charge is 0.363 e. The first-order valence-corrected chi connectivity index (χ1v) is 2.93. The lowest BCUT2D eigenvalue weighted by Gasteiger charge is -1.97. The molecular weight excluding hydrogens is 164 g/mol. The standard InChI is InChI=1S/C6H4N2O4/c9-6(10)4-1-2-5(7-3-4)8(11)12/h1-3H,(H,9,10)/p-1. The summed E-state index contributed by atoms with van der Waals surface area (Å²) in [5, 5.41) is 20.2. The van der Waals surface area contributed by atoms with E-state index < -0.39 is 10.9 Å². The van der Waals surface area contributed by atoms with Crippen molar-refractivity contribution in [1.82, 2.24) is 4.98 Å². The second-order valence-corrected chi connectivity index (χ2v) is 1.95. The number of hydrogen-bond donors (Lipinski definition) is 0. The molecule has 0 aromatic carbocycles. The maximum absolute atomic E-state index is 10.2. The molecule has 0 saturated heterocycles. The van der Waals surface area contributed by atoms with Gasteiger partial charge in [-0.1, -0.05) is 0 Å². The first kappa shape index (κ1) is 8.12. The van der Waals surface area contributed by atoms with Gasteiger partial charge in [0.2, 0.25) is 0 Å². The fourth-order valence-electron chi connectivity index (χ4n) is 0.615. The van der Waals surface area contributed by atoms with Crippen molar-refractivity contribution in [3.05, 3.63) is 34.0 Å². The molecule has 1 aromatic heterocycles. The van der Waals surface area contributed by atoms with Gasteiger partial charge in [-0.25, -0.2) is 0 Å². The van der Waals surface area contributed by atoms with Crippen molar-refractivity contribution in [2.45, 2.75) is 0 Å². The summed E-state index contributed by atoms with van der Waals surface area (Å²) in [4.78, 5) is 22.8. The van der Waals surface area contributed by atoms with Crippen LogP contribution < -0.4 is 5.11 Å². The largest absolute Gasteiger partial charge is 0.545 e. The minimum Gasteiger partial charge on any atom is -0.545 e. The highest BCUT2D eigenvalue weighted by molar-refractivity contribution is 5.85. The Morgan fingerprint density at radius 3 is 2.50 bits per heavy atom. The lowest BCUT2D eigenvalue weighted by atomic mass is 10.3. The van der Waals surface area contributed by atoms with Gasteiger partial charge in [-0.05, 0) is 16.0 Å². The van der Waals surface area contributed by atoms with Crippen molar-refractivity contribution < 1.29 is 14.8 Å². The minimum atomic E-state index is -1.41. The van der Waals surface area contributed by atoms with Crippen molar-refractivity contribution >= 4 is 11.8 Å². The Labute approximate surface area is 66.6 Å². The van der Waals surface area contributed by atoms with E-state index in [0.717, 1.165) is 18.3 Å². The Hall–Kier alpha value is -1.98. The molecule has 0 spiro atoms. The van der Waals surface area contributed by atoms with Gasteiger partial charge in [0.25, 0.3) is 0 Å². The summed E-state index contributed by atoms with van der Waals surface area (Å²) in [7, 11) is 0. The number of carbonyl (C=O) groups is 1. The zero-order valence-corrected chi connectivity index (χ0v) is 5.76. The number of hydrogen-bond acceptors (Lipinski definition) is 5. The minimum absolute atomic E-state index is 0.180. The van der Waals surface area contributed by atoms with Crippen LogP contribution in [0.1, 0.15) is 10.4 Å². The summed E-state index contributed by atoms with van der Waals surface area (Å²) in [6.45, 7) is 0. The first-order valence-electron chi connectivity index (χ1n) is 2.93. The normalized spacial score (nSPS) is 9.33. The summed E-state index contributed by atoms with van der Waals surface area (Å²) < 4.78 is 0. The van der Waals surface area contributed by atoms with Crippen LogP contribution in [0.2, 0.25) is 0 Å². The van der Waals surface area contributed by atoms with Crippen molar-refractivity contribution in [3.63, 3.8) is 0 Å². The summed E-state index contributed by atoms with van der Waals surface area (Å²) in [6, 6.07) is 2.07. The van der Waals surface area contributed by atoms with Crippen LogP contribution in [-0.4, -0.2) is 15.9 Å². The quantitative estimate of drug-likeness (QED) is 0.430. The fraction of sp³-hybridized carbons (Fsp3) is 0. The number of aromatic carboxylic acids is 1. The number of carbonyl (C=O) groups excluding carboxylic acids is 1. The predicted octanol–water partition coefficient (Wildman–Crippen LogP) is -0.647. The van der Waals surface area contributed by atoms with Gasteiger partial charge in [0, 0.05) is 11.6 Å². The number of carboxylic acids is 1. The van der Waals surface area contributed by atoms with Crippen molar-refractivity contribution in [1.29, 1.82) is 0 Å². The van der Waals surface area contributed by atoms with Crippen LogP contribution in [0.3, 0.4) is 0 Å². The van der Waals surface area contributed by atoms with Gasteiger partial charge in [0.1, 0.15) is 6.20 Å². The highest BCUT2D eigenvalue weighted by Crippen LogP contribution is 2.06. The van der Waals surface area contributed by atoms with E-state index in [1.807, 2.05) is 0 Å². The van der Waals surface area contributed by atoms with Crippen LogP contribution in [0.15, 0.2) is 18.3 Å². The molecular formula is C6H3N2O4-. The van der Waals surface area contributed by atoms with Gasteiger partial charge in [-0.3, -0.25) is 0 Å². The monoisotopic (exact) mass is 167 g/mol. The van der Waals surface area contributed by atoms with Gasteiger partial charge in [0.05, 0.1) is 5.97 Å². The average molecular weight is 167 g/mol. The maximum atomic E-state index is 10.2. The Morgan fingerprint density at radius 2 is 2.17 bits per heavy atom. The van der Waals surface area contributed by atoms with Gasteiger partial charge >= 0.3 is 5.82 Å². The molecule has 0 aliphatic heterocycles. The number of aromatic nitrogens is 1. The van der Waals surface area contributed by atoms with E-state index in [2.05, 4.69) is 4.98 Å². The third kappa shape index (κ3) is 1.54. The van der Waals surface area contributed by atoms with Crippen molar-refractivity contribution in [2.24, 2.45) is 0 Å². The molecule has 6 heteroatoms. The molecule has 0 fully saturated rings. The Balaban J connectivity index is 3.01. The summed E-state index contributed by atoms with van der Waals surface area (Å²) in [5.74, 6) is -1.79. The average Bonchev–Trinajstić information content (AvgIpc) is 2.04. The van der Waals surface area contributed by atoms with E-state index in [4.69, 9.17) is 0 Å². The molecule has 0 radical (unpaired) electrons. The second kappa shape index (κ2) is 2.95. The molecule has 62 valence electrons. The van der Waals surface area contributed by atoms with Crippen LogP contribution in [0, 0.1) is 10.1 Å². The molecule has 1 aromatic rings. The van der Waals surface area contributed by atoms with Crippen molar-refractivity contribution in [2.75, 3.05) is 0 Å². The van der Waals surface area contributed by atoms with Gasteiger partial charge in [-0.2, -0.15) is 0 Å². The fourth-order valence-corrected chi connectivity index (χ4v) is 0.615. The van der Waals surface area contributed by atoms with Crippen LogP contribution in [0.25, 0.3) is 0 Å². The molecule has 0 amide bonds. The van der Waals surface area contributed by atoms with E-state index in [9.17, 15) is 20.0 Å². The summed E-state index contributed by atoms with van der Waals surface area (Å²) in [6.07, 6.45) is 0.882. The first-order chi connectivity index (χ1) is 5.61. The SMILES string of the molecule is O=C([O-])c1ccc([N+](=O)[O-])nc1. The number of nitro groups is 1. The molecule has 0 unspecified atom stereocenters. The van der Waals surface area contributed by atoms with Crippen LogP contribution in [0.4, 0.5) is 5.82 Å². The Bertz CT molecular complexity index is 286. The highest BCUT2D eigenvalue weighted by atomic mass is 16.6. The molecule has 0 saturated carbocycles. The van der Waals surface area contributed by atoms with Crippen molar-refractivity contribution in [3.8, 4) is 0 Å². The van der Waals surface area contributed by atoms with E-state index in [0.29, 0.717) is 0 Å². The zero-order chi connectivity index (χ0) is 9.14. The van der Waals surface area contributed by atoms with Gasteiger partial charge in [-0.15, -0.1) is 0 Å². The van der Waals surface area contributed by atoms with Crippen LogP contribution in [-0.2, 0) is 0 Å². The number of carboxylic acid groups (broad SMARTS) is 1. The second-order valence-electron chi connectivity index (χ2n) is 1.95. The van der Waals surface area contributed by atoms with E-state index in [1.165, 1.54) is 0 Å². The third-order valence-corrected chi connectivity index (χ3v) is 1.17. The van der Waals surface area contributed by atoms with E-state index >= 15 is 0 Å². The molecule has 0 bridgehead atoms. The topological polar surface area (TPSA) is 96.2 Å². The molecule has 12 heavy (non-hydrogen) atoms. The highest BCUT2D eigenvalue weighted by Gasteiger charge is 2.05. The third-order valence-electron chi connectivity index (χ3n) is 1.17. The van der Waals surface area contributed by atoms with Crippen LogP contribution in [0.5, 0.6) is 0 Å². The number of rotatable bonds is 2. The molecule has 1 heterocycles. The summed E-state index contributed by atoms with van der Waals surface area (Å²) >= 11 is 0. The number of nitrogens with zero attached hydrogens (tertiary/aromatic N) is 2. The van der Waals surface area contributed by atoms with Gasteiger partial charge in [0.15, 0.2) is 0 Å². The van der Waals surface area contributed by atoms with E-state index in [1.54, 1.807) is 0 Å². The Morgan fingerprint density at radius 1 is 1.50 bits per heavy atom.